The number of nitrogens with zero attached hydrogens (tertiary/aromatic N) is 5. The molecule has 1 saturated heterocycles. The van der Waals surface area contributed by atoms with E-state index in [0.717, 1.165) is 22.9 Å². The number of hydrogen-bond acceptors (Lipinski definition) is 8. The van der Waals surface area contributed by atoms with Crippen molar-refractivity contribution in [2.75, 3.05) is 72.0 Å². The third kappa shape index (κ3) is 9.15. The van der Waals surface area contributed by atoms with Gasteiger partial charge < -0.3 is 15.3 Å². The van der Waals surface area contributed by atoms with Crippen LogP contribution in [0.4, 0.5) is 0 Å². The van der Waals surface area contributed by atoms with Gasteiger partial charge in [-0.25, -0.2) is 0 Å². The molecule has 0 bridgehead atoms. The van der Waals surface area contributed by atoms with Gasteiger partial charge in [-0.1, -0.05) is 24.3 Å². The molecule has 2 heterocycles. The van der Waals surface area contributed by atoms with Crippen molar-refractivity contribution in [3.8, 4) is 0 Å². The van der Waals surface area contributed by atoms with Crippen LogP contribution in [0.1, 0.15) is 12.1 Å². The molecule has 0 aliphatic carbocycles. The van der Waals surface area contributed by atoms with Crippen LogP contribution < -0.4 is 0 Å². The Bertz CT molecular complexity index is 1030. The molecule has 11 nitrogen and oxygen atoms in total. The molecule has 2 aromatic rings. The van der Waals surface area contributed by atoms with Crippen LogP contribution in [-0.4, -0.2) is 130 Å². The molecule has 0 spiro atoms. The Balaban J connectivity index is 1.79. The molecule has 196 valence electrons. The van der Waals surface area contributed by atoms with Crippen LogP contribution >= 0.6 is 0 Å². The number of carboxylic acid groups (broad SMARTS) is 3. The zero-order valence-corrected chi connectivity index (χ0v) is 20.5. The highest BCUT2D eigenvalue weighted by Crippen LogP contribution is 2.18. The smallest absolute Gasteiger partial charge is 0.317 e. The van der Waals surface area contributed by atoms with Gasteiger partial charge in [0.25, 0.3) is 0 Å². The summed E-state index contributed by atoms with van der Waals surface area (Å²) in [5, 5.41) is 30.2. The zero-order chi connectivity index (χ0) is 25.9. The summed E-state index contributed by atoms with van der Waals surface area (Å²) < 4.78 is 0. The average Bonchev–Trinajstić information content (AvgIpc) is 2.83. The first-order chi connectivity index (χ1) is 17.3. The van der Waals surface area contributed by atoms with E-state index in [1.807, 2.05) is 40.1 Å². The Hall–Kier alpha value is -3.12. The van der Waals surface area contributed by atoms with Gasteiger partial charge in [0.05, 0.1) is 25.3 Å². The number of aromatic nitrogens is 1. The molecule has 1 aliphatic rings. The monoisotopic (exact) mass is 501 g/mol. The largest absolute Gasteiger partial charge is 0.480 e. The maximum atomic E-state index is 11.5. The van der Waals surface area contributed by atoms with Crippen LogP contribution in [-0.2, 0) is 20.9 Å². The number of aliphatic carboxylic acids is 3. The second kappa shape index (κ2) is 13.8. The van der Waals surface area contributed by atoms with Crippen molar-refractivity contribution in [1.82, 2.24) is 24.6 Å². The lowest BCUT2D eigenvalue weighted by atomic mass is 10.1. The number of rotatable bonds is 8. The normalized spacial score (nSPS) is 18.2. The molecule has 1 aromatic heterocycles. The minimum Gasteiger partial charge on any atom is -0.480 e. The first kappa shape index (κ1) is 27.5. The van der Waals surface area contributed by atoms with Crippen LogP contribution in [0.3, 0.4) is 0 Å². The summed E-state index contributed by atoms with van der Waals surface area (Å²) in [6.07, 6.45) is 2.51. The molecule has 1 fully saturated rings. The van der Waals surface area contributed by atoms with E-state index in [0.29, 0.717) is 58.9 Å². The van der Waals surface area contributed by atoms with Gasteiger partial charge in [-0.3, -0.25) is 39.0 Å². The molecule has 11 heteroatoms. The van der Waals surface area contributed by atoms with Gasteiger partial charge in [0.2, 0.25) is 0 Å². The molecular weight excluding hydrogens is 466 g/mol. The second-order valence-corrected chi connectivity index (χ2v) is 9.12. The van der Waals surface area contributed by atoms with Gasteiger partial charge in [-0.2, -0.15) is 0 Å². The first-order valence-corrected chi connectivity index (χ1v) is 12.2. The lowest BCUT2D eigenvalue weighted by Crippen LogP contribution is -2.44. The van der Waals surface area contributed by atoms with Gasteiger partial charge in [0.15, 0.2) is 0 Å². The summed E-state index contributed by atoms with van der Waals surface area (Å²) in [4.78, 5) is 46.5. The molecule has 1 aliphatic heterocycles. The summed E-state index contributed by atoms with van der Waals surface area (Å²) in [5.41, 5.74) is 0.942. The predicted molar refractivity (Wildman–Crippen MR) is 134 cm³/mol. The van der Waals surface area contributed by atoms with Gasteiger partial charge >= 0.3 is 17.9 Å². The molecule has 3 rings (SSSR count). The highest BCUT2D eigenvalue weighted by atomic mass is 16.4. The Labute approximate surface area is 210 Å². The number of fused-ring (bicyclic) bond motifs is 1. The standard InChI is InChI=1S/C25H35N5O6/c31-23(32)17-28-9-3-8-27(16-22-21-5-2-1-4-20(21)6-7-26-22)10-12-29(18-24(33)34)14-15-30(13-11-28)19-25(35)36/h1-2,4-7H,3,8-19H2,(H,31,32)(H,33,34)(H,35,36). The number of hydrogen-bond donors (Lipinski definition) is 3. The van der Waals surface area contributed by atoms with E-state index in [1.54, 1.807) is 11.1 Å². The topological polar surface area (TPSA) is 138 Å². The van der Waals surface area contributed by atoms with Crippen molar-refractivity contribution in [3.05, 3.63) is 42.2 Å². The molecule has 0 unspecified atom stereocenters. The zero-order valence-electron chi connectivity index (χ0n) is 20.5. The van der Waals surface area contributed by atoms with E-state index in [2.05, 4.69) is 9.88 Å². The first-order valence-electron chi connectivity index (χ1n) is 12.2. The molecule has 0 saturated carbocycles. The van der Waals surface area contributed by atoms with E-state index < -0.39 is 17.9 Å². The SMILES string of the molecule is O=C(O)CN1CCCN(Cc2nccc3ccccc23)CCN(CC(=O)O)CCN(CC(=O)O)CC1. The van der Waals surface area contributed by atoms with E-state index in [1.165, 1.54) is 0 Å². The molecule has 0 radical (unpaired) electrons. The van der Waals surface area contributed by atoms with Gasteiger partial charge in [-0.15, -0.1) is 0 Å². The van der Waals surface area contributed by atoms with Crippen LogP contribution in [0.5, 0.6) is 0 Å². The molecular formula is C25H35N5O6. The fourth-order valence-corrected chi connectivity index (χ4v) is 4.54. The molecule has 3 N–H and O–H groups in total. The van der Waals surface area contributed by atoms with Crippen molar-refractivity contribution < 1.29 is 29.7 Å². The van der Waals surface area contributed by atoms with Crippen LogP contribution in [0.15, 0.2) is 36.5 Å². The Morgan fingerprint density at radius 2 is 1.14 bits per heavy atom. The van der Waals surface area contributed by atoms with E-state index in [-0.39, 0.29) is 19.6 Å². The quantitative estimate of drug-likeness (QED) is 0.469. The summed E-state index contributed by atoms with van der Waals surface area (Å²) in [5.74, 6) is -2.82. The fraction of sp³-hybridized carbons (Fsp3) is 0.520. The molecule has 36 heavy (non-hydrogen) atoms. The van der Waals surface area contributed by atoms with Crippen molar-refractivity contribution in [2.45, 2.75) is 13.0 Å². The second-order valence-electron chi connectivity index (χ2n) is 9.12. The Kier molecular flexibility index (Phi) is 10.6. The summed E-state index contributed by atoms with van der Waals surface area (Å²) in [7, 11) is 0. The minimum absolute atomic E-state index is 0.114. The van der Waals surface area contributed by atoms with E-state index in [4.69, 9.17) is 0 Å². The van der Waals surface area contributed by atoms with Crippen molar-refractivity contribution in [2.24, 2.45) is 0 Å². The van der Waals surface area contributed by atoms with Crippen LogP contribution in [0, 0.1) is 0 Å². The lowest BCUT2D eigenvalue weighted by Gasteiger charge is -2.28. The van der Waals surface area contributed by atoms with Gasteiger partial charge in [0, 0.05) is 63.9 Å². The highest BCUT2D eigenvalue weighted by Gasteiger charge is 2.20. The number of benzene rings is 1. The number of carboxylic acids is 3. The third-order valence-corrected chi connectivity index (χ3v) is 6.35. The number of carbonyl (C=O) groups is 3. The maximum absolute atomic E-state index is 11.5. The molecule has 1 aromatic carbocycles. The van der Waals surface area contributed by atoms with Crippen molar-refractivity contribution >= 4 is 28.7 Å². The minimum atomic E-state index is -0.970. The third-order valence-electron chi connectivity index (χ3n) is 6.35. The van der Waals surface area contributed by atoms with Crippen molar-refractivity contribution in [3.63, 3.8) is 0 Å². The number of pyridine rings is 1. The summed E-state index contributed by atoms with van der Waals surface area (Å²) >= 11 is 0. The van der Waals surface area contributed by atoms with Gasteiger partial charge in [-0.05, 0) is 24.4 Å². The van der Waals surface area contributed by atoms with Gasteiger partial charge in [0.1, 0.15) is 0 Å². The summed E-state index contributed by atoms with van der Waals surface area (Å²) in [6.45, 7) is 4.13. The van der Waals surface area contributed by atoms with E-state index in [9.17, 15) is 29.7 Å². The lowest BCUT2D eigenvalue weighted by molar-refractivity contribution is -0.140. The average molecular weight is 502 g/mol. The fourth-order valence-electron chi connectivity index (χ4n) is 4.54. The van der Waals surface area contributed by atoms with Crippen LogP contribution in [0.25, 0.3) is 10.8 Å². The molecule has 0 amide bonds. The van der Waals surface area contributed by atoms with Crippen LogP contribution in [0.2, 0.25) is 0 Å². The molecule has 0 atom stereocenters. The Morgan fingerprint density at radius 3 is 1.69 bits per heavy atom. The summed E-state index contributed by atoms with van der Waals surface area (Å²) in [6, 6.07) is 10.0. The highest BCUT2D eigenvalue weighted by molar-refractivity contribution is 5.84. The van der Waals surface area contributed by atoms with Crippen molar-refractivity contribution in [1.29, 1.82) is 0 Å². The Morgan fingerprint density at radius 1 is 0.667 bits per heavy atom. The van der Waals surface area contributed by atoms with E-state index >= 15 is 0 Å². The predicted octanol–water partition coefficient (Wildman–Crippen LogP) is 0.600. The maximum Gasteiger partial charge on any atom is 0.317 e.